The summed E-state index contributed by atoms with van der Waals surface area (Å²) in [6.45, 7) is 0.452. The lowest BCUT2D eigenvalue weighted by atomic mass is 9.94. The number of aromatic nitrogens is 2. The highest BCUT2D eigenvalue weighted by atomic mass is 35.5. The van der Waals surface area contributed by atoms with E-state index in [1.54, 1.807) is 18.5 Å². The molecule has 2 N–H and O–H groups in total. The number of rotatable bonds is 7. The SMILES string of the molecule is NC1c2ccccc2C(c2ccc(Cl)cc2)=NN1c1ccc(Oc2ccnc3cc(OCc4ccccc4)cnc23)cc1. The highest BCUT2D eigenvalue weighted by Gasteiger charge is 2.27. The van der Waals surface area contributed by atoms with Gasteiger partial charge in [0, 0.05) is 40.0 Å². The Bertz CT molecular complexity index is 1930. The van der Waals surface area contributed by atoms with Crippen molar-refractivity contribution in [3.63, 3.8) is 0 Å². The van der Waals surface area contributed by atoms with E-state index in [2.05, 4.69) is 9.97 Å². The molecule has 1 aliphatic rings. The highest BCUT2D eigenvalue weighted by molar-refractivity contribution is 6.30. The number of pyridine rings is 2. The van der Waals surface area contributed by atoms with Crippen molar-refractivity contribution >= 4 is 34.0 Å². The van der Waals surface area contributed by atoms with E-state index < -0.39 is 6.17 Å². The Morgan fingerprint density at radius 2 is 1.56 bits per heavy atom. The average Bonchev–Trinajstić information content (AvgIpc) is 3.06. The Balaban J connectivity index is 1.13. The van der Waals surface area contributed by atoms with Gasteiger partial charge in [0.05, 0.1) is 23.1 Å². The van der Waals surface area contributed by atoms with Gasteiger partial charge in [0.2, 0.25) is 0 Å². The van der Waals surface area contributed by atoms with Gasteiger partial charge in [0.25, 0.3) is 0 Å². The van der Waals surface area contributed by atoms with Gasteiger partial charge in [0.15, 0.2) is 5.75 Å². The summed E-state index contributed by atoms with van der Waals surface area (Å²) in [5.74, 6) is 1.89. The van der Waals surface area contributed by atoms with E-state index >= 15 is 0 Å². The zero-order valence-corrected chi connectivity index (χ0v) is 23.7. The summed E-state index contributed by atoms with van der Waals surface area (Å²) in [5, 5.41) is 7.49. The summed E-state index contributed by atoms with van der Waals surface area (Å²) in [6.07, 6.45) is 2.94. The number of benzene rings is 4. The highest BCUT2D eigenvalue weighted by Crippen LogP contribution is 2.35. The number of halogens is 1. The lowest BCUT2D eigenvalue weighted by molar-refractivity contribution is 0.305. The number of hydrogen-bond acceptors (Lipinski definition) is 7. The van der Waals surface area contributed by atoms with E-state index in [-0.39, 0.29) is 0 Å². The smallest absolute Gasteiger partial charge is 0.156 e. The van der Waals surface area contributed by atoms with Gasteiger partial charge in [-0.15, -0.1) is 0 Å². The number of anilines is 1. The standard InChI is InChI=1S/C35H26ClN5O2/c36-25-12-10-24(11-13-25)33-29-8-4-5-9-30(29)35(37)41(40-33)26-14-16-27(17-15-26)43-32-18-19-38-31-20-28(21-39-34(31)32)42-22-23-6-2-1-3-7-23/h1-21,35H,22,37H2. The first-order valence-corrected chi connectivity index (χ1v) is 14.2. The maximum absolute atomic E-state index is 6.72. The molecule has 1 aliphatic heterocycles. The summed E-state index contributed by atoms with van der Waals surface area (Å²) < 4.78 is 12.2. The first-order valence-electron chi connectivity index (χ1n) is 13.8. The fourth-order valence-electron chi connectivity index (χ4n) is 5.05. The van der Waals surface area contributed by atoms with E-state index in [1.165, 1.54) is 0 Å². The van der Waals surface area contributed by atoms with Crippen LogP contribution in [0, 0.1) is 0 Å². The molecule has 1 atom stereocenters. The molecular weight excluding hydrogens is 558 g/mol. The average molecular weight is 584 g/mol. The van der Waals surface area contributed by atoms with Crippen LogP contribution in [0.5, 0.6) is 17.2 Å². The molecule has 0 bridgehead atoms. The molecule has 0 aliphatic carbocycles. The molecule has 210 valence electrons. The molecule has 0 spiro atoms. The van der Waals surface area contributed by atoms with Crippen molar-refractivity contribution in [2.75, 3.05) is 5.01 Å². The number of nitrogens with two attached hydrogens (primary N) is 1. The van der Waals surface area contributed by atoms with Crippen LogP contribution >= 0.6 is 11.6 Å². The number of fused-ring (bicyclic) bond motifs is 2. The predicted molar refractivity (Wildman–Crippen MR) is 170 cm³/mol. The van der Waals surface area contributed by atoms with Crippen molar-refractivity contribution < 1.29 is 9.47 Å². The minimum absolute atomic E-state index is 0.452. The Labute approximate surface area is 253 Å². The van der Waals surface area contributed by atoms with Crippen LogP contribution in [0.15, 0.2) is 133 Å². The van der Waals surface area contributed by atoms with Crippen molar-refractivity contribution in [2.45, 2.75) is 12.8 Å². The van der Waals surface area contributed by atoms with Gasteiger partial charge >= 0.3 is 0 Å². The second-order valence-electron chi connectivity index (χ2n) is 10.1. The molecule has 0 radical (unpaired) electrons. The molecule has 0 amide bonds. The maximum Gasteiger partial charge on any atom is 0.156 e. The minimum atomic E-state index is -0.453. The lowest BCUT2D eigenvalue weighted by Crippen LogP contribution is -2.36. The minimum Gasteiger partial charge on any atom is -0.487 e. The molecule has 8 heteroatoms. The first kappa shape index (κ1) is 26.6. The zero-order valence-electron chi connectivity index (χ0n) is 23.0. The van der Waals surface area contributed by atoms with Gasteiger partial charge in [-0.05, 0) is 42.0 Å². The Hall–Kier alpha value is -5.24. The Morgan fingerprint density at radius 1 is 0.791 bits per heavy atom. The largest absolute Gasteiger partial charge is 0.487 e. The third-order valence-corrected chi connectivity index (χ3v) is 7.47. The quantitative estimate of drug-likeness (QED) is 0.206. The second-order valence-corrected chi connectivity index (χ2v) is 10.5. The normalized spacial score (nSPS) is 14.2. The van der Waals surface area contributed by atoms with E-state index in [0.717, 1.165) is 33.7 Å². The molecule has 3 heterocycles. The molecular formula is C35H26ClN5O2. The van der Waals surface area contributed by atoms with Crippen LogP contribution in [0.4, 0.5) is 5.69 Å². The van der Waals surface area contributed by atoms with E-state index in [1.807, 2.05) is 114 Å². The predicted octanol–water partition coefficient (Wildman–Crippen LogP) is 7.88. The fourth-order valence-corrected chi connectivity index (χ4v) is 5.17. The molecule has 1 unspecified atom stereocenters. The maximum atomic E-state index is 6.72. The molecule has 7 rings (SSSR count). The monoisotopic (exact) mass is 583 g/mol. The van der Waals surface area contributed by atoms with E-state index in [0.29, 0.717) is 39.9 Å². The van der Waals surface area contributed by atoms with Crippen LogP contribution < -0.4 is 20.2 Å². The van der Waals surface area contributed by atoms with Crippen molar-refractivity contribution in [1.29, 1.82) is 0 Å². The van der Waals surface area contributed by atoms with Gasteiger partial charge < -0.3 is 15.2 Å². The number of nitrogens with zero attached hydrogens (tertiary/aromatic N) is 4. The second kappa shape index (κ2) is 11.6. The van der Waals surface area contributed by atoms with Crippen LogP contribution in [0.1, 0.15) is 28.4 Å². The van der Waals surface area contributed by atoms with Crippen molar-refractivity contribution in [2.24, 2.45) is 10.8 Å². The van der Waals surface area contributed by atoms with Crippen molar-refractivity contribution in [3.05, 3.63) is 155 Å². The molecule has 0 saturated heterocycles. The van der Waals surface area contributed by atoms with Gasteiger partial charge in [-0.2, -0.15) is 5.10 Å². The van der Waals surface area contributed by atoms with Gasteiger partial charge in [-0.1, -0.05) is 78.3 Å². The van der Waals surface area contributed by atoms with Gasteiger partial charge in [-0.3, -0.25) is 4.98 Å². The third-order valence-electron chi connectivity index (χ3n) is 7.22. The number of hydrogen-bond donors (Lipinski definition) is 1. The first-order chi connectivity index (χ1) is 21.1. The summed E-state index contributed by atoms with van der Waals surface area (Å²) in [7, 11) is 0. The van der Waals surface area contributed by atoms with Crippen molar-refractivity contribution in [1.82, 2.24) is 9.97 Å². The van der Waals surface area contributed by atoms with Crippen LogP contribution in [0.2, 0.25) is 5.02 Å². The van der Waals surface area contributed by atoms with Gasteiger partial charge in [-0.25, -0.2) is 9.99 Å². The van der Waals surface area contributed by atoms with Crippen molar-refractivity contribution in [3.8, 4) is 17.2 Å². The summed E-state index contributed by atoms with van der Waals surface area (Å²) in [4.78, 5) is 9.06. The van der Waals surface area contributed by atoms with Crippen LogP contribution in [-0.2, 0) is 6.61 Å². The Kier molecular flexibility index (Phi) is 7.17. The molecule has 7 nitrogen and oxygen atoms in total. The van der Waals surface area contributed by atoms with Crippen LogP contribution in [0.25, 0.3) is 11.0 Å². The fraction of sp³-hybridized carbons (Fsp3) is 0.0571. The Morgan fingerprint density at radius 3 is 2.37 bits per heavy atom. The number of hydrazone groups is 1. The summed E-state index contributed by atoms with van der Waals surface area (Å²) in [6, 6.07) is 37.1. The molecule has 43 heavy (non-hydrogen) atoms. The van der Waals surface area contributed by atoms with Crippen LogP contribution in [-0.4, -0.2) is 15.7 Å². The van der Waals surface area contributed by atoms with Gasteiger partial charge in [0.1, 0.15) is 29.8 Å². The summed E-state index contributed by atoms with van der Waals surface area (Å²) in [5.41, 5.74) is 13.7. The molecule has 2 aromatic heterocycles. The van der Waals surface area contributed by atoms with Crippen LogP contribution in [0.3, 0.4) is 0 Å². The molecule has 6 aromatic rings. The summed E-state index contributed by atoms with van der Waals surface area (Å²) >= 11 is 6.15. The van der Waals surface area contributed by atoms with E-state index in [9.17, 15) is 0 Å². The number of ether oxygens (including phenoxy) is 2. The molecule has 4 aromatic carbocycles. The lowest BCUT2D eigenvalue weighted by Gasteiger charge is -2.33. The molecule has 0 saturated carbocycles. The molecule has 0 fully saturated rings. The topological polar surface area (TPSA) is 85.9 Å². The zero-order chi connectivity index (χ0) is 29.2. The van der Waals surface area contributed by atoms with E-state index in [4.69, 9.17) is 31.9 Å². The third kappa shape index (κ3) is 5.51.